The van der Waals surface area contributed by atoms with Crippen molar-refractivity contribution in [2.24, 2.45) is 10.7 Å². The van der Waals surface area contributed by atoms with Crippen molar-refractivity contribution >= 4 is 37.2 Å². The van der Waals surface area contributed by atoms with Gasteiger partial charge in [-0.25, -0.2) is 13.4 Å². The molecule has 148 valence electrons. The first-order valence-electron chi connectivity index (χ1n) is 9.05. The summed E-state index contributed by atoms with van der Waals surface area (Å²) in [5.41, 5.74) is 8.32. The van der Waals surface area contributed by atoms with E-state index in [0.29, 0.717) is 10.6 Å². The summed E-state index contributed by atoms with van der Waals surface area (Å²) in [7, 11) is -3.48. The second-order valence-electron chi connectivity index (χ2n) is 7.93. The molecule has 0 radical (unpaired) electrons. The number of fused-ring (bicyclic) bond motifs is 1. The van der Waals surface area contributed by atoms with Gasteiger partial charge in [-0.05, 0) is 56.2 Å². The summed E-state index contributed by atoms with van der Waals surface area (Å²) in [5.74, 6) is -0.0237. The third-order valence-corrected chi connectivity index (χ3v) is 9.38. The zero-order chi connectivity index (χ0) is 21.0. The van der Waals surface area contributed by atoms with Crippen molar-refractivity contribution < 1.29 is 8.42 Å². The number of amidine groups is 1. The highest BCUT2D eigenvalue weighted by molar-refractivity contribution is 7.93. The van der Waals surface area contributed by atoms with Gasteiger partial charge in [0, 0.05) is 0 Å². The Morgan fingerprint density at radius 3 is 2.55 bits per heavy atom. The molecular weight excluding hydrogens is 404 g/mol. The lowest BCUT2D eigenvalue weighted by molar-refractivity contribution is 0.500. The topological polar surface area (TPSA) is 109 Å². The predicted molar refractivity (Wildman–Crippen MR) is 117 cm³/mol. The average Bonchev–Trinajstić information content (AvgIpc) is 3.10. The molecule has 0 spiro atoms. The van der Waals surface area contributed by atoms with Gasteiger partial charge in [-0.1, -0.05) is 18.2 Å². The summed E-state index contributed by atoms with van der Waals surface area (Å²) in [5, 5.41) is 9.75. The van der Waals surface area contributed by atoms with Crippen LogP contribution in [0.4, 0.5) is 0 Å². The highest BCUT2D eigenvalue weighted by Gasteiger charge is 2.49. The van der Waals surface area contributed by atoms with E-state index in [1.807, 2.05) is 36.4 Å². The molecule has 0 saturated heterocycles. The summed E-state index contributed by atoms with van der Waals surface area (Å²) < 4.78 is 25.4. The predicted octanol–water partition coefficient (Wildman–Crippen LogP) is 3.61. The van der Waals surface area contributed by atoms with E-state index in [9.17, 15) is 8.42 Å². The number of nitrogens with two attached hydrogens (primary N) is 1. The van der Waals surface area contributed by atoms with Crippen LogP contribution in [0.5, 0.6) is 0 Å². The lowest BCUT2D eigenvalue weighted by Crippen LogP contribution is -2.54. The Bertz CT molecular complexity index is 1320. The Labute approximate surface area is 173 Å². The Kier molecular flexibility index (Phi) is 4.30. The molecule has 1 atom stereocenters. The largest absolute Gasteiger partial charge is 0.386 e. The summed E-state index contributed by atoms with van der Waals surface area (Å²) in [6.07, 6.45) is 0. The van der Waals surface area contributed by atoms with Gasteiger partial charge in [-0.15, -0.1) is 11.3 Å². The van der Waals surface area contributed by atoms with Crippen LogP contribution in [0.2, 0.25) is 0 Å². The van der Waals surface area contributed by atoms with Gasteiger partial charge < -0.3 is 5.73 Å². The Balaban J connectivity index is 1.81. The smallest absolute Gasteiger partial charge is 0.165 e. The maximum absolute atomic E-state index is 12.8. The number of sulfone groups is 1. The second kappa shape index (κ2) is 6.37. The fourth-order valence-corrected chi connectivity index (χ4v) is 6.21. The highest BCUT2D eigenvalue weighted by atomic mass is 32.2. The molecule has 2 aromatic carbocycles. The van der Waals surface area contributed by atoms with E-state index >= 15 is 0 Å². The van der Waals surface area contributed by atoms with Gasteiger partial charge in [0.2, 0.25) is 0 Å². The van der Waals surface area contributed by atoms with Crippen molar-refractivity contribution in [3.63, 3.8) is 0 Å². The zero-order valence-corrected chi connectivity index (χ0v) is 17.9. The van der Waals surface area contributed by atoms with Gasteiger partial charge >= 0.3 is 0 Å². The first-order valence-corrected chi connectivity index (χ1v) is 11.5. The van der Waals surface area contributed by atoms with Crippen molar-refractivity contribution in [3.8, 4) is 17.2 Å². The molecule has 0 bridgehead atoms. The van der Waals surface area contributed by atoms with Crippen molar-refractivity contribution in [2.75, 3.05) is 5.75 Å². The molecular formula is C21H20N4O2S2. The first-order chi connectivity index (χ1) is 13.6. The molecule has 0 saturated carbocycles. The number of nitrogens with zero attached hydrogens (tertiary/aromatic N) is 3. The van der Waals surface area contributed by atoms with Gasteiger partial charge in [0.1, 0.15) is 21.1 Å². The molecule has 29 heavy (non-hydrogen) atoms. The molecule has 0 fully saturated rings. The number of hydrogen-bond acceptors (Lipinski definition) is 7. The van der Waals surface area contributed by atoms with Gasteiger partial charge in [-0.2, -0.15) is 5.26 Å². The number of hydrogen-bond donors (Lipinski definition) is 1. The Hall–Kier alpha value is -2.76. The second-order valence-corrected chi connectivity index (χ2v) is 11.5. The van der Waals surface area contributed by atoms with E-state index in [1.54, 1.807) is 26.8 Å². The van der Waals surface area contributed by atoms with E-state index in [-0.39, 0.29) is 11.6 Å². The Morgan fingerprint density at radius 2 is 1.86 bits per heavy atom. The van der Waals surface area contributed by atoms with Crippen molar-refractivity contribution in [1.29, 1.82) is 5.26 Å². The standard InChI is InChI=1S/C21H20N4O2S2/c1-20(2)18(23)25-21(3,12-29(20,26)27)19-24-16-8-7-15(10-17(16)28-19)14-6-4-5-13(9-14)11-22/h4-10H,12H2,1-3H3,(H2,23,25). The van der Waals surface area contributed by atoms with Crippen LogP contribution < -0.4 is 5.73 Å². The number of aromatic nitrogens is 1. The monoisotopic (exact) mass is 424 g/mol. The lowest BCUT2D eigenvalue weighted by Gasteiger charge is -2.36. The van der Waals surface area contributed by atoms with Crippen LogP contribution in [0, 0.1) is 11.3 Å². The molecule has 0 aliphatic carbocycles. The lowest BCUT2D eigenvalue weighted by atomic mass is 10.0. The van der Waals surface area contributed by atoms with Gasteiger partial charge in [0.25, 0.3) is 0 Å². The minimum absolute atomic E-state index is 0.111. The van der Waals surface area contributed by atoms with Gasteiger partial charge in [-0.3, -0.25) is 4.99 Å². The SMILES string of the molecule is CC1(c2nc3ccc(-c4cccc(C#N)c4)cc3s2)CS(=O)(=O)C(C)(C)C(N)=N1. The van der Waals surface area contributed by atoms with Crippen LogP contribution in [0.25, 0.3) is 21.3 Å². The quantitative estimate of drug-likeness (QED) is 0.676. The van der Waals surface area contributed by atoms with Crippen LogP contribution in [0.15, 0.2) is 47.5 Å². The van der Waals surface area contributed by atoms with E-state index in [1.165, 1.54) is 11.3 Å². The molecule has 0 amide bonds. The van der Waals surface area contributed by atoms with E-state index < -0.39 is 20.1 Å². The van der Waals surface area contributed by atoms with Crippen LogP contribution in [-0.2, 0) is 15.4 Å². The summed E-state index contributed by atoms with van der Waals surface area (Å²) in [4.78, 5) is 9.22. The highest BCUT2D eigenvalue weighted by Crippen LogP contribution is 2.40. The summed E-state index contributed by atoms with van der Waals surface area (Å²) >= 11 is 1.42. The minimum Gasteiger partial charge on any atom is -0.386 e. The fraction of sp³-hybridized carbons (Fsp3) is 0.286. The molecule has 2 heterocycles. The number of nitriles is 1. The van der Waals surface area contributed by atoms with Crippen molar-refractivity contribution in [1.82, 2.24) is 4.98 Å². The molecule has 6 nitrogen and oxygen atoms in total. The zero-order valence-electron chi connectivity index (χ0n) is 16.3. The summed E-state index contributed by atoms with van der Waals surface area (Å²) in [6, 6.07) is 15.4. The van der Waals surface area contributed by atoms with Crippen LogP contribution >= 0.6 is 11.3 Å². The molecule has 1 aromatic heterocycles. The van der Waals surface area contributed by atoms with E-state index in [0.717, 1.165) is 21.3 Å². The Morgan fingerprint density at radius 1 is 1.14 bits per heavy atom. The van der Waals surface area contributed by atoms with Crippen LogP contribution in [-0.4, -0.2) is 29.7 Å². The van der Waals surface area contributed by atoms with E-state index in [2.05, 4.69) is 16.0 Å². The normalized spacial score (nSPS) is 22.8. The summed E-state index contributed by atoms with van der Waals surface area (Å²) in [6.45, 7) is 4.93. The number of rotatable bonds is 2. The van der Waals surface area contributed by atoms with Crippen molar-refractivity contribution in [2.45, 2.75) is 31.1 Å². The molecule has 1 aliphatic rings. The molecule has 3 aromatic rings. The van der Waals surface area contributed by atoms with Crippen molar-refractivity contribution in [3.05, 3.63) is 53.0 Å². The molecule has 1 aliphatic heterocycles. The van der Waals surface area contributed by atoms with Gasteiger partial charge in [0.05, 0.1) is 27.6 Å². The molecule has 4 rings (SSSR count). The van der Waals surface area contributed by atoms with Crippen LogP contribution in [0.1, 0.15) is 31.3 Å². The third-order valence-electron chi connectivity index (χ3n) is 5.41. The average molecular weight is 425 g/mol. The fourth-order valence-electron chi connectivity index (χ4n) is 3.35. The minimum atomic E-state index is -3.48. The van der Waals surface area contributed by atoms with E-state index in [4.69, 9.17) is 11.0 Å². The maximum Gasteiger partial charge on any atom is 0.165 e. The molecule has 2 N–H and O–H groups in total. The van der Waals surface area contributed by atoms with Crippen LogP contribution in [0.3, 0.4) is 0 Å². The number of aliphatic imine (C=N–C) groups is 1. The number of thiazole rings is 1. The third kappa shape index (κ3) is 3.11. The molecule has 1 unspecified atom stereocenters. The maximum atomic E-state index is 12.8. The first kappa shape index (κ1) is 19.6. The number of benzene rings is 2. The van der Waals surface area contributed by atoms with Gasteiger partial charge in [0.15, 0.2) is 9.84 Å². The molecule has 8 heteroatoms.